The molecule has 2 atom stereocenters. The van der Waals surface area contributed by atoms with Gasteiger partial charge < -0.3 is 10.8 Å². The Morgan fingerprint density at radius 2 is 2.25 bits per heavy atom. The molecule has 3 heteroatoms. The summed E-state index contributed by atoms with van der Waals surface area (Å²) in [7, 11) is 0. The third-order valence-electron chi connectivity index (χ3n) is 1.00. The number of aliphatic hydroxyl groups is 1. The zero-order valence-electron chi connectivity index (χ0n) is 5.04. The average molecular weight is 135 g/mol. The fourth-order valence-electron chi connectivity index (χ4n) is 0.482. The van der Waals surface area contributed by atoms with Crippen LogP contribution in [0.5, 0.6) is 0 Å². The van der Waals surface area contributed by atoms with Gasteiger partial charge in [0.2, 0.25) is 0 Å². The van der Waals surface area contributed by atoms with Gasteiger partial charge in [-0.1, -0.05) is 13.3 Å². The van der Waals surface area contributed by atoms with Gasteiger partial charge in [-0.15, -0.1) is 12.6 Å². The molecular formula is C5H13NOS. The molecule has 0 saturated carbocycles. The lowest BCUT2D eigenvalue weighted by molar-refractivity contribution is 0.227. The van der Waals surface area contributed by atoms with Crippen molar-refractivity contribution in [2.45, 2.75) is 31.2 Å². The summed E-state index contributed by atoms with van der Waals surface area (Å²) in [5, 5.41) is 8.69. The smallest absolute Gasteiger partial charge is 0.112 e. The van der Waals surface area contributed by atoms with Crippen LogP contribution in [0.15, 0.2) is 0 Å². The van der Waals surface area contributed by atoms with Gasteiger partial charge in [0.25, 0.3) is 0 Å². The van der Waals surface area contributed by atoms with E-state index in [4.69, 9.17) is 10.8 Å². The van der Waals surface area contributed by atoms with E-state index in [2.05, 4.69) is 12.6 Å². The lowest BCUT2D eigenvalue weighted by atomic mass is 10.2. The van der Waals surface area contributed by atoms with Crippen LogP contribution in [-0.2, 0) is 0 Å². The monoisotopic (exact) mass is 135 g/mol. The highest BCUT2D eigenvalue weighted by Gasteiger charge is 2.06. The van der Waals surface area contributed by atoms with Crippen molar-refractivity contribution < 1.29 is 5.11 Å². The van der Waals surface area contributed by atoms with Gasteiger partial charge in [0, 0.05) is 6.04 Å². The van der Waals surface area contributed by atoms with Gasteiger partial charge >= 0.3 is 0 Å². The normalized spacial score (nSPS) is 18.0. The van der Waals surface area contributed by atoms with Crippen LogP contribution in [-0.4, -0.2) is 16.6 Å². The quantitative estimate of drug-likeness (QED) is 0.386. The maximum Gasteiger partial charge on any atom is 0.112 e. The second-order valence-electron chi connectivity index (χ2n) is 1.87. The summed E-state index contributed by atoms with van der Waals surface area (Å²) >= 11 is 3.76. The summed E-state index contributed by atoms with van der Waals surface area (Å²) in [6.07, 6.45) is 1.84. The van der Waals surface area contributed by atoms with Crippen LogP contribution in [0, 0.1) is 0 Å². The Hall–Kier alpha value is 0.270. The predicted octanol–water partition coefficient (Wildman–Crippen LogP) is 0.362. The molecule has 0 aliphatic carbocycles. The Labute approximate surface area is 55.5 Å². The molecule has 0 aliphatic rings. The summed E-state index contributed by atoms with van der Waals surface area (Å²) < 4.78 is 0. The second kappa shape index (κ2) is 4.18. The first-order valence-electron chi connectivity index (χ1n) is 2.80. The molecular weight excluding hydrogens is 122 g/mol. The molecule has 0 fully saturated rings. The van der Waals surface area contributed by atoms with Gasteiger partial charge in [-0.2, -0.15) is 0 Å². The minimum Gasteiger partial charge on any atom is -0.381 e. The highest BCUT2D eigenvalue weighted by atomic mass is 32.1. The molecule has 8 heavy (non-hydrogen) atoms. The Morgan fingerprint density at radius 3 is 2.38 bits per heavy atom. The summed E-state index contributed by atoms with van der Waals surface area (Å²) in [5.74, 6) is 0. The van der Waals surface area contributed by atoms with Gasteiger partial charge in [-0.25, -0.2) is 0 Å². The zero-order chi connectivity index (χ0) is 6.57. The minimum atomic E-state index is -0.657. The standard InChI is InChI=1S/C5H13NOS/c1-2-3-4(6)5(7)8/h4-5,7-8H,2-3,6H2,1H3. The van der Waals surface area contributed by atoms with Crippen molar-refractivity contribution in [2.24, 2.45) is 5.73 Å². The summed E-state index contributed by atoms with van der Waals surface area (Å²) in [6, 6.07) is -0.164. The van der Waals surface area contributed by atoms with Crippen molar-refractivity contribution >= 4 is 12.6 Å². The highest BCUT2D eigenvalue weighted by molar-refractivity contribution is 7.80. The van der Waals surface area contributed by atoms with Crippen LogP contribution < -0.4 is 5.73 Å². The van der Waals surface area contributed by atoms with Crippen molar-refractivity contribution in [3.05, 3.63) is 0 Å². The molecule has 0 aromatic carbocycles. The molecule has 0 heterocycles. The molecule has 2 unspecified atom stereocenters. The van der Waals surface area contributed by atoms with Crippen LogP contribution in [0.2, 0.25) is 0 Å². The number of hydrogen-bond donors (Lipinski definition) is 3. The van der Waals surface area contributed by atoms with Crippen LogP contribution in [0.4, 0.5) is 0 Å². The number of rotatable bonds is 3. The van der Waals surface area contributed by atoms with Gasteiger partial charge in [0.1, 0.15) is 5.44 Å². The van der Waals surface area contributed by atoms with Crippen molar-refractivity contribution in [1.82, 2.24) is 0 Å². The Kier molecular flexibility index (Phi) is 4.32. The van der Waals surface area contributed by atoms with E-state index in [9.17, 15) is 0 Å². The molecule has 0 amide bonds. The van der Waals surface area contributed by atoms with Crippen molar-refractivity contribution in [1.29, 1.82) is 0 Å². The lowest BCUT2D eigenvalue weighted by Crippen LogP contribution is -2.30. The summed E-state index contributed by atoms with van der Waals surface area (Å²) in [4.78, 5) is 0. The second-order valence-corrected chi connectivity index (χ2v) is 2.40. The van der Waals surface area contributed by atoms with E-state index >= 15 is 0 Å². The summed E-state index contributed by atoms with van der Waals surface area (Å²) in [5.41, 5.74) is 4.74. The Morgan fingerprint density at radius 1 is 1.75 bits per heavy atom. The predicted molar refractivity (Wildman–Crippen MR) is 37.9 cm³/mol. The molecule has 0 bridgehead atoms. The van der Waals surface area contributed by atoms with Crippen molar-refractivity contribution in [3.63, 3.8) is 0 Å². The molecule has 0 aliphatic heterocycles. The summed E-state index contributed by atoms with van der Waals surface area (Å²) in [6.45, 7) is 2.02. The number of aliphatic hydroxyl groups excluding tert-OH is 1. The highest BCUT2D eigenvalue weighted by Crippen LogP contribution is 2.01. The van der Waals surface area contributed by atoms with E-state index in [1.807, 2.05) is 6.92 Å². The van der Waals surface area contributed by atoms with Crippen LogP contribution >= 0.6 is 12.6 Å². The third kappa shape index (κ3) is 3.29. The SMILES string of the molecule is CCCC(N)C(O)S. The van der Waals surface area contributed by atoms with E-state index in [-0.39, 0.29) is 6.04 Å². The molecule has 2 nitrogen and oxygen atoms in total. The average Bonchev–Trinajstić information content (AvgIpc) is 1.67. The van der Waals surface area contributed by atoms with E-state index in [0.717, 1.165) is 12.8 Å². The number of hydrogen-bond acceptors (Lipinski definition) is 3. The maximum atomic E-state index is 8.69. The topological polar surface area (TPSA) is 46.2 Å². The number of nitrogens with two attached hydrogens (primary N) is 1. The van der Waals surface area contributed by atoms with Gasteiger partial charge in [0.15, 0.2) is 0 Å². The third-order valence-corrected chi connectivity index (χ3v) is 1.39. The fourth-order valence-corrected chi connectivity index (χ4v) is 0.631. The number of thiol groups is 1. The van der Waals surface area contributed by atoms with Crippen molar-refractivity contribution in [2.75, 3.05) is 0 Å². The maximum absolute atomic E-state index is 8.69. The first-order chi connectivity index (χ1) is 3.68. The van der Waals surface area contributed by atoms with E-state index in [1.54, 1.807) is 0 Å². The van der Waals surface area contributed by atoms with Gasteiger partial charge in [-0.05, 0) is 6.42 Å². The van der Waals surface area contributed by atoms with E-state index < -0.39 is 5.44 Å². The van der Waals surface area contributed by atoms with Crippen LogP contribution in [0.1, 0.15) is 19.8 Å². The lowest BCUT2D eigenvalue weighted by Gasteiger charge is -2.11. The molecule has 0 aromatic heterocycles. The largest absolute Gasteiger partial charge is 0.381 e. The molecule has 0 spiro atoms. The Balaban J connectivity index is 3.17. The first kappa shape index (κ1) is 8.27. The molecule has 3 N–H and O–H groups in total. The van der Waals surface area contributed by atoms with Crippen LogP contribution in [0.25, 0.3) is 0 Å². The molecule has 0 saturated heterocycles. The van der Waals surface area contributed by atoms with E-state index in [1.165, 1.54) is 0 Å². The zero-order valence-corrected chi connectivity index (χ0v) is 5.94. The molecule has 0 radical (unpaired) electrons. The Bertz CT molecular complexity index is 58.4. The molecule has 0 rings (SSSR count). The fraction of sp³-hybridized carbons (Fsp3) is 1.00. The van der Waals surface area contributed by atoms with E-state index in [0.29, 0.717) is 0 Å². The molecule has 50 valence electrons. The molecule has 0 aromatic rings. The van der Waals surface area contributed by atoms with Crippen molar-refractivity contribution in [3.8, 4) is 0 Å². The minimum absolute atomic E-state index is 0.164. The van der Waals surface area contributed by atoms with Crippen LogP contribution in [0.3, 0.4) is 0 Å². The first-order valence-corrected chi connectivity index (χ1v) is 3.31. The van der Waals surface area contributed by atoms with Gasteiger partial charge in [0.05, 0.1) is 0 Å². The van der Waals surface area contributed by atoms with Gasteiger partial charge in [-0.3, -0.25) is 0 Å².